The van der Waals surface area contributed by atoms with E-state index in [1.54, 1.807) is 42.6 Å². The Balaban J connectivity index is 1.50. The van der Waals surface area contributed by atoms with Crippen molar-refractivity contribution in [3.05, 3.63) is 70.8 Å². The first-order valence-corrected chi connectivity index (χ1v) is 9.13. The molecule has 0 radical (unpaired) electrons. The molecule has 148 valence electrons. The van der Waals surface area contributed by atoms with Crippen LogP contribution >= 0.6 is 0 Å². The lowest BCUT2D eigenvalue weighted by Crippen LogP contribution is -2.30. The molecule has 0 heterocycles. The van der Waals surface area contributed by atoms with Crippen molar-refractivity contribution in [2.24, 2.45) is 4.99 Å². The summed E-state index contributed by atoms with van der Waals surface area (Å²) in [6.45, 7) is 3.92. The normalized spacial score (nSPS) is 11.0. The van der Waals surface area contributed by atoms with Crippen molar-refractivity contribution in [2.75, 3.05) is 32.7 Å². The van der Waals surface area contributed by atoms with Crippen molar-refractivity contribution in [1.82, 2.24) is 10.6 Å². The monoisotopic (exact) mass is 383 g/mol. The number of carbonyl (C=O) groups is 2. The highest BCUT2D eigenvalue weighted by Gasteiger charge is 2.01. The van der Waals surface area contributed by atoms with Crippen LogP contribution in [0.1, 0.15) is 31.8 Å². The van der Waals surface area contributed by atoms with Gasteiger partial charge in [0, 0.05) is 25.8 Å². The van der Waals surface area contributed by atoms with Crippen LogP contribution in [-0.2, 0) is 6.42 Å². The molecule has 0 aromatic heterocycles. The van der Waals surface area contributed by atoms with Gasteiger partial charge in [0.25, 0.3) is 0 Å². The summed E-state index contributed by atoms with van der Waals surface area (Å²) >= 11 is 0. The minimum Gasteiger partial charge on any atom is -0.478 e. The summed E-state index contributed by atoms with van der Waals surface area (Å²) in [5, 5.41) is 24.3. The molecule has 0 saturated carbocycles. The zero-order chi connectivity index (χ0) is 20.2. The molecule has 4 N–H and O–H groups in total. The van der Waals surface area contributed by atoms with Crippen molar-refractivity contribution in [2.45, 2.75) is 6.42 Å². The van der Waals surface area contributed by atoms with E-state index in [1.807, 2.05) is 12.1 Å². The summed E-state index contributed by atoms with van der Waals surface area (Å²) in [6, 6.07) is 13.5. The van der Waals surface area contributed by atoms with Crippen LogP contribution in [0.5, 0.6) is 0 Å². The van der Waals surface area contributed by atoms with Gasteiger partial charge in [-0.3, -0.25) is 4.99 Å². The van der Waals surface area contributed by atoms with Crippen LogP contribution in [-0.4, -0.2) is 61.1 Å². The van der Waals surface area contributed by atoms with E-state index in [9.17, 15) is 9.59 Å². The molecule has 2 aromatic rings. The summed E-state index contributed by atoms with van der Waals surface area (Å²) in [5.74, 6) is -1.84. The molecule has 0 spiro atoms. The van der Waals surface area contributed by atoms with E-state index < -0.39 is 11.9 Å². The lowest BCUT2D eigenvalue weighted by atomic mass is 10.1. The Morgan fingerprint density at radius 2 is 1.32 bits per heavy atom. The minimum absolute atomic E-state index is 0.267. The standard InChI is InChI=1S/C21H25N3O4/c25-20(26)18-5-1-16(2-6-18)9-10-22-11-12-23-13-14-24-15-17-3-7-19(8-4-17)21(27)28/h1-8,15,22-23H,9-14H2,(H,25,26)(H,27,28). The largest absolute Gasteiger partial charge is 0.478 e. The van der Waals surface area contributed by atoms with E-state index >= 15 is 0 Å². The number of hydrogen-bond donors (Lipinski definition) is 4. The Hall–Kier alpha value is -3.03. The third-order valence-corrected chi connectivity index (χ3v) is 4.09. The number of hydrogen-bond acceptors (Lipinski definition) is 5. The van der Waals surface area contributed by atoms with E-state index in [0.717, 1.165) is 43.7 Å². The molecule has 0 aliphatic carbocycles. The van der Waals surface area contributed by atoms with Crippen LogP contribution < -0.4 is 10.6 Å². The van der Waals surface area contributed by atoms with Gasteiger partial charge < -0.3 is 20.8 Å². The van der Waals surface area contributed by atoms with Crippen molar-refractivity contribution < 1.29 is 19.8 Å². The molecule has 7 heteroatoms. The highest BCUT2D eigenvalue weighted by atomic mass is 16.4. The molecule has 0 saturated heterocycles. The highest BCUT2D eigenvalue weighted by Crippen LogP contribution is 2.04. The number of benzene rings is 2. The van der Waals surface area contributed by atoms with E-state index in [2.05, 4.69) is 15.6 Å². The Morgan fingerprint density at radius 3 is 1.89 bits per heavy atom. The lowest BCUT2D eigenvalue weighted by Gasteiger charge is -2.06. The summed E-state index contributed by atoms with van der Waals surface area (Å²) in [4.78, 5) is 25.9. The van der Waals surface area contributed by atoms with Crippen LogP contribution in [0, 0.1) is 0 Å². The van der Waals surface area contributed by atoms with E-state index in [1.165, 1.54) is 0 Å². The average molecular weight is 383 g/mol. The van der Waals surface area contributed by atoms with Gasteiger partial charge in [0.1, 0.15) is 0 Å². The fraction of sp³-hybridized carbons (Fsp3) is 0.286. The molecular weight excluding hydrogens is 358 g/mol. The van der Waals surface area contributed by atoms with Crippen LogP contribution in [0.3, 0.4) is 0 Å². The minimum atomic E-state index is -0.933. The topological polar surface area (TPSA) is 111 Å². The molecule has 2 rings (SSSR count). The zero-order valence-corrected chi connectivity index (χ0v) is 15.6. The summed E-state index contributed by atoms with van der Waals surface area (Å²) in [6.07, 6.45) is 2.59. The number of aromatic carboxylic acids is 2. The molecule has 0 amide bonds. The predicted molar refractivity (Wildman–Crippen MR) is 109 cm³/mol. The number of carboxylic acid groups (broad SMARTS) is 2. The van der Waals surface area contributed by atoms with Gasteiger partial charge in [0.05, 0.1) is 17.7 Å². The second kappa shape index (κ2) is 11.6. The first-order valence-electron chi connectivity index (χ1n) is 9.13. The zero-order valence-electron chi connectivity index (χ0n) is 15.6. The second-order valence-electron chi connectivity index (χ2n) is 6.21. The highest BCUT2D eigenvalue weighted by molar-refractivity contribution is 5.89. The first-order chi connectivity index (χ1) is 13.6. The Labute approximate surface area is 164 Å². The number of aliphatic imine (C=N–C) groups is 1. The molecule has 0 bridgehead atoms. The molecule has 0 unspecified atom stereocenters. The molecule has 0 fully saturated rings. The van der Waals surface area contributed by atoms with Gasteiger partial charge in [-0.25, -0.2) is 9.59 Å². The third-order valence-electron chi connectivity index (χ3n) is 4.09. The number of nitrogens with zero attached hydrogens (tertiary/aromatic N) is 1. The maximum atomic E-state index is 10.8. The number of carboxylic acids is 2. The van der Waals surface area contributed by atoms with Crippen LogP contribution in [0.25, 0.3) is 0 Å². The Morgan fingerprint density at radius 1 is 0.786 bits per heavy atom. The molecule has 0 aliphatic heterocycles. The van der Waals surface area contributed by atoms with Gasteiger partial charge in [0.15, 0.2) is 0 Å². The van der Waals surface area contributed by atoms with E-state index in [4.69, 9.17) is 10.2 Å². The molecule has 0 aliphatic rings. The average Bonchev–Trinajstić information content (AvgIpc) is 2.70. The second-order valence-corrected chi connectivity index (χ2v) is 6.21. The SMILES string of the molecule is O=C(O)c1ccc(C=NCCNCCNCCc2ccc(C(=O)O)cc2)cc1. The van der Waals surface area contributed by atoms with Crippen molar-refractivity contribution >= 4 is 18.2 Å². The third kappa shape index (κ3) is 7.69. The van der Waals surface area contributed by atoms with Gasteiger partial charge in [-0.15, -0.1) is 0 Å². The van der Waals surface area contributed by atoms with Gasteiger partial charge >= 0.3 is 11.9 Å². The predicted octanol–water partition coefficient (Wildman–Crippen LogP) is 1.92. The molecule has 28 heavy (non-hydrogen) atoms. The number of rotatable bonds is 12. The van der Waals surface area contributed by atoms with E-state index in [0.29, 0.717) is 12.1 Å². The summed E-state index contributed by atoms with van der Waals surface area (Å²) < 4.78 is 0. The fourth-order valence-corrected chi connectivity index (χ4v) is 2.50. The number of nitrogens with one attached hydrogen (secondary N) is 2. The maximum Gasteiger partial charge on any atom is 0.335 e. The molecule has 7 nitrogen and oxygen atoms in total. The summed E-state index contributed by atoms with van der Waals surface area (Å²) in [7, 11) is 0. The van der Waals surface area contributed by atoms with Crippen molar-refractivity contribution in [3.63, 3.8) is 0 Å². The van der Waals surface area contributed by atoms with Crippen molar-refractivity contribution in [3.8, 4) is 0 Å². The van der Waals surface area contributed by atoms with E-state index in [-0.39, 0.29) is 5.56 Å². The van der Waals surface area contributed by atoms with Crippen LogP contribution in [0.15, 0.2) is 53.5 Å². The quantitative estimate of drug-likeness (QED) is 0.329. The maximum absolute atomic E-state index is 10.8. The summed E-state index contributed by atoms with van der Waals surface area (Å²) in [5.41, 5.74) is 2.56. The van der Waals surface area contributed by atoms with Gasteiger partial charge in [0.2, 0.25) is 0 Å². The van der Waals surface area contributed by atoms with Crippen LogP contribution in [0.2, 0.25) is 0 Å². The van der Waals surface area contributed by atoms with Crippen molar-refractivity contribution in [1.29, 1.82) is 0 Å². The molecule has 0 atom stereocenters. The Kier molecular flexibility index (Phi) is 8.84. The van der Waals surface area contributed by atoms with Gasteiger partial charge in [-0.1, -0.05) is 24.3 Å². The van der Waals surface area contributed by atoms with Gasteiger partial charge in [-0.05, 0) is 48.4 Å². The molecule has 2 aromatic carbocycles. The van der Waals surface area contributed by atoms with Gasteiger partial charge in [-0.2, -0.15) is 0 Å². The Bertz CT molecular complexity index is 786. The first kappa shape index (κ1) is 21.3. The van der Waals surface area contributed by atoms with Crippen LogP contribution in [0.4, 0.5) is 0 Å². The molecular formula is C21H25N3O4. The smallest absolute Gasteiger partial charge is 0.335 e. The lowest BCUT2D eigenvalue weighted by molar-refractivity contribution is 0.0686. The fourth-order valence-electron chi connectivity index (χ4n) is 2.50.